The molecule has 0 aliphatic rings. The molecule has 2 aromatic rings. The number of benzene rings is 1. The second-order valence-corrected chi connectivity index (χ2v) is 5.80. The fourth-order valence-electron chi connectivity index (χ4n) is 1.75. The van der Waals surface area contributed by atoms with Crippen LogP contribution in [0.1, 0.15) is 10.4 Å². The van der Waals surface area contributed by atoms with Crippen molar-refractivity contribution in [3.8, 4) is 0 Å². The molecule has 1 aromatic heterocycles. The number of hydrogen-bond donors (Lipinski definition) is 1. The quantitative estimate of drug-likeness (QED) is 0.908. The average molecular weight is 309 g/mol. The fraction of sp³-hybridized carbons (Fsp3) is 0.143. The van der Waals surface area contributed by atoms with Crippen LogP contribution in [0.15, 0.2) is 52.3 Å². The third-order valence-corrected chi connectivity index (χ3v) is 4.18. The van der Waals surface area contributed by atoms with Crippen molar-refractivity contribution in [1.29, 1.82) is 0 Å². The first-order valence-electron chi connectivity index (χ1n) is 6.06. The molecule has 0 aliphatic carbocycles. The Morgan fingerprint density at radius 1 is 1.29 bits per heavy atom. The van der Waals surface area contributed by atoms with Gasteiger partial charge in [0, 0.05) is 29.5 Å². The molecular formula is C14H12FNO4S. The predicted molar refractivity (Wildman–Crippen MR) is 75.3 cm³/mol. The van der Waals surface area contributed by atoms with Crippen LogP contribution in [0.5, 0.6) is 0 Å². The Bertz CT molecular complexity index is 757. The highest BCUT2D eigenvalue weighted by atomic mass is 32.2. The number of carboxylic acid groups (broad SMARTS) is 1. The molecule has 0 radical (unpaired) electrons. The van der Waals surface area contributed by atoms with Crippen LogP contribution in [-0.2, 0) is 17.3 Å². The molecule has 1 aromatic carbocycles. The van der Waals surface area contributed by atoms with Gasteiger partial charge in [0.2, 0.25) is 0 Å². The first-order valence-corrected chi connectivity index (χ1v) is 7.37. The van der Waals surface area contributed by atoms with Gasteiger partial charge in [0.15, 0.2) is 0 Å². The topological polar surface area (TPSA) is 76.4 Å². The van der Waals surface area contributed by atoms with E-state index in [2.05, 4.69) is 0 Å². The average Bonchev–Trinajstić information content (AvgIpc) is 2.46. The van der Waals surface area contributed by atoms with Crippen LogP contribution >= 0.6 is 0 Å². The standard InChI is InChI=1S/C14H12FNO4S/c15-12-5-4-10(9-11(12)14(18)19)21(20)8-7-16-6-2-1-3-13(16)17/h1-6,9H,7-8H2,(H,18,19). The molecular weight excluding hydrogens is 297 g/mol. The molecule has 21 heavy (non-hydrogen) atoms. The summed E-state index contributed by atoms with van der Waals surface area (Å²) in [4.78, 5) is 22.5. The van der Waals surface area contributed by atoms with Gasteiger partial charge < -0.3 is 9.67 Å². The van der Waals surface area contributed by atoms with Crippen molar-refractivity contribution in [3.63, 3.8) is 0 Å². The second kappa shape index (κ2) is 6.45. The minimum Gasteiger partial charge on any atom is -0.478 e. The normalized spacial score (nSPS) is 12.0. The third kappa shape index (κ3) is 3.63. The maximum atomic E-state index is 13.3. The number of carbonyl (C=O) groups is 1. The molecule has 0 spiro atoms. The van der Waals surface area contributed by atoms with Crippen LogP contribution in [0.3, 0.4) is 0 Å². The number of aromatic carboxylic acids is 1. The summed E-state index contributed by atoms with van der Waals surface area (Å²) in [5.41, 5.74) is -0.724. The van der Waals surface area contributed by atoms with Gasteiger partial charge in [-0.3, -0.25) is 9.00 Å². The van der Waals surface area contributed by atoms with Crippen molar-refractivity contribution in [1.82, 2.24) is 4.57 Å². The van der Waals surface area contributed by atoms with Gasteiger partial charge in [0.05, 0.1) is 16.4 Å². The number of nitrogens with zero attached hydrogens (tertiary/aromatic N) is 1. The van der Waals surface area contributed by atoms with Gasteiger partial charge in [-0.2, -0.15) is 0 Å². The van der Waals surface area contributed by atoms with E-state index in [1.807, 2.05) is 0 Å². The number of carboxylic acids is 1. The number of hydrogen-bond acceptors (Lipinski definition) is 3. The van der Waals surface area contributed by atoms with E-state index < -0.39 is 28.1 Å². The molecule has 7 heteroatoms. The van der Waals surface area contributed by atoms with Gasteiger partial charge in [-0.05, 0) is 24.3 Å². The van der Waals surface area contributed by atoms with Gasteiger partial charge in [0.1, 0.15) is 5.82 Å². The third-order valence-electron chi connectivity index (χ3n) is 2.85. The van der Waals surface area contributed by atoms with Crippen LogP contribution in [0.2, 0.25) is 0 Å². The van der Waals surface area contributed by atoms with Crippen molar-refractivity contribution in [2.45, 2.75) is 11.4 Å². The summed E-state index contributed by atoms with van der Waals surface area (Å²) in [5, 5.41) is 8.83. The molecule has 1 heterocycles. The zero-order valence-corrected chi connectivity index (χ0v) is 11.7. The molecule has 0 fully saturated rings. The number of rotatable bonds is 5. The fourth-order valence-corrected chi connectivity index (χ4v) is 2.82. The minimum atomic E-state index is -1.52. The van der Waals surface area contributed by atoms with E-state index in [9.17, 15) is 18.2 Å². The first kappa shape index (κ1) is 15.1. The first-order chi connectivity index (χ1) is 9.99. The Kier molecular flexibility index (Phi) is 4.64. The second-order valence-electron chi connectivity index (χ2n) is 4.23. The molecule has 1 atom stereocenters. The predicted octanol–water partition coefficient (Wildman–Crippen LogP) is 1.49. The molecule has 5 nitrogen and oxygen atoms in total. The monoisotopic (exact) mass is 309 g/mol. The minimum absolute atomic E-state index is 0.134. The highest BCUT2D eigenvalue weighted by Crippen LogP contribution is 2.14. The summed E-state index contributed by atoms with van der Waals surface area (Å²) in [6.45, 7) is 0.228. The van der Waals surface area contributed by atoms with Gasteiger partial charge in [-0.15, -0.1) is 0 Å². The van der Waals surface area contributed by atoms with E-state index in [4.69, 9.17) is 5.11 Å². The zero-order chi connectivity index (χ0) is 15.4. The highest BCUT2D eigenvalue weighted by Gasteiger charge is 2.13. The van der Waals surface area contributed by atoms with Crippen LogP contribution in [-0.4, -0.2) is 25.6 Å². The lowest BCUT2D eigenvalue weighted by molar-refractivity contribution is 0.0691. The van der Waals surface area contributed by atoms with Crippen LogP contribution in [0, 0.1) is 5.82 Å². The molecule has 0 aliphatic heterocycles. The smallest absolute Gasteiger partial charge is 0.338 e. The van der Waals surface area contributed by atoms with E-state index in [1.165, 1.54) is 16.7 Å². The van der Waals surface area contributed by atoms with Crippen LogP contribution in [0.25, 0.3) is 0 Å². The molecule has 110 valence electrons. The van der Waals surface area contributed by atoms with Crippen molar-refractivity contribution in [2.75, 3.05) is 5.75 Å². The lowest BCUT2D eigenvalue weighted by Gasteiger charge is -2.06. The molecule has 1 unspecified atom stereocenters. The van der Waals surface area contributed by atoms with E-state index in [-0.39, 0.29) is 22.8 Å². The summed E-state index contributed by atoms with van der Waals surface area (Å²) in [7, 11) is -1.52. The molecule has 0 saturated heterocycles. The number of aryl methyl sites for hydroxylation is 1. The number of aromatic nitrogens is 1. The SMILES string of the molecule is O=C(O)c1cc(S(=O)CCn2ccccc2=O)ccc1F. The van der Waals surface area contributed by atoms with Gasteiger partial charge in [-0.1, -0.05) is 6.07 Å². The summed E-state index contributed by atoms with van der Waals surface area (Å²) in [5.74, 6) is -2.15. The molecule has 0 amide bonds. The summed E-state index contributed by atoms with van der Waals surface area (Å²) in [6.07, 6.45) is 1.58. The van der Waals surface area contributed by atoms with Crippen molar-refractivity contribution >= 4 is 16.8 Å². The number of halogens is 1. The van der Waals surface area contributed by atoms with Crippen LogP contribution in [0.4, 0.5) is 4.39 Å². The van der Waals surface area contributed by atoms with Crippen molar-refractivity contribution in [2.24, 2.45) is 0 Å². The Morgan fingerprint density at radius 3 is 2.71 bits per heavy atom. The Labute approximate surface area is 122 Å². The maximum Gasteiger partial charge on any atom is 0.338 e. The molecule has 0 saturated carbocycles. The van der Waals surface area contributed by atoms with Gasteiger partial charge in [-0.25, -0.2) is 9.18 Å². The van der Waals surface area contributed by atoms with Gasteiger partial charge in [0.25, 0.3) is 5.56 Å². The van der Waals surface area contributed by atoms with E-state index in [1.54, 1.807) is 18.3 Å². The Hall–Kier alpha value is -2.28. The lowest BCUT2D eigenvalue weighted by Crippen LogP contribution is -2.21. The summed E-state index contributed by atoms with van der Waals surface area (Å²) < 4.78 is 26.8. The Morgan fingerprint density at radius 2 is 2.05 bits per heavy atom. The maximum absolute atomic E-state index is 13.3. The van der Waals surface area contributed by atoms with Crippen molar-refractivity contribution in [3.05, 3.63) is 64.3 Å². The zero-order valence-electron chi connectivity index (χ0n) is 10.9. The number of pyridine rings is 1. The summed E-state index contributed by atoms with van der Waals surface area (Å²) >= 11 is 0. The van der Waals surface area contributed by atoms with Crippen molar-refractivity contribution < 1.29 is 18.5 Å². The molecule has 1 N–H and O–H groups in total. The van der Waals surface area contributed by atoms with E-state index in [0.29, 0.717) is 0 Å². The largest absolute Gasteiger partial charge is 0.478 e. The highest BCUT2D eigenvalue weighted by molar-refractivity contribution is 7.85. The molecule has 0 bridgehead atoms. The Balaban J connectivity index is 2.14. The van der Waals surface area contributed by atoms with E-state index >= 15 is 0 Å². The van der Waals surface area contributed by atoms with Crippen LogP contribution < -0.4 is 5.56 Å². The summed E-state index contributed by atoms with van der Waals surface area (Å²) in [6, 6.07) is 8.00. The lowest BCUT2D eigenvalue weighted by atomic mass is 10.2. The molecule has 2 rings (SSSR count). The van der Waals surface area contributed by atoms with Gasteiger partial charge >= 0.3 is 5.97 Å². The van der Waals surface area contributed by atoms with E-state index in [0.717, 1.165) is 12.1 Å².